The maximum atomic E-state index is 10.5. The largest absolute Gasteiger partial charge is 0.346 e. The van der Waals surface area contributed by atoms with Crippen LogP contribution >= 0.6 is 0 Å². The van der Waals surface area contributed by atoms with E-state index in [0.29, 0.717) is 5.91 Å². The van der Waals surface area contributed by atoms with Crippen molar-refractivity contribution in [3.05, 3.63) is 0 Å². The fourth-order valence-corrected chi connectivity index (χ4v) is 0.783. The van der Waals surface area contributed by atoms with Crippen LogP contribution in [-0.2, 0) is 4.79 Å². The van der Waals surface area contributed by atoms with Crippen LogP contribution in [0.25, 0.3) is 0 Å². The van der Waals surface area contributed by atoms with E-state index >= 15 is 0 Å². The third-order valence-electron chi connectivity index (χ3n) is 2.13. The van der Waals surface area contributed by atoms with Gasteiger partial charge in [-0.05, 0) is 12.3 Å². The van der Waals surface area contributed by atoms with Crippen LogP contribution in [0.4, 0.5) is 0 Å². The first-order valence-corrected chi connectivity index (χ1v) is 4.81. The molecule has 0 aromatic rings. The Morgan fingerprint density at radius 1 is 1.50 bits per heavy atom. The van der Waals surface area contributed by atoms with Crippen molar-refractivity contribution >= 4 is 5.91 Å². The molecule has 1 saturated heterocycles. The molecule has 0 aromatic heterocycles. The highest BCUT2D eigenvalue weighted by Crippen LogP contribution is 2.04. The van der Waals surface area contributed by atoms with Gasteiger partial charge in [0.1, 0.15) is 0 Å². The molecule has 0 N–H and O–H groups in total. The second-order valence-electron chi connectivity index (χ2n) is 3.72. The van der Waals surface area contributed by atoms with Gasteiger partial charge in [0.2, 0.25) is 5.91 Å². The van der Waals surface area contributed by atoms with Crippen molar-refractivity contribution in [1.29, 1.82) is 0 Å². The van der Waals surface area contributed by atoms with Gasteiger partial charge in [-0.25, -0.2) is 0 Å². The molecule has 0 unspecified atom stereocenters. The van der Waals surface area contributed by atoms with E-state index in [4.69, 9.17) is 0 Å². The van der Waals surface area contributed by atoms with Crippen molar-refractivity contribution in [1.82, 2.24) is 4.90 Å². The molecule has 1 heterocycles. The van der Waals surface area contributed by atoms with E-state index in [9.17, 15) is 4.79 Å². The second kappa shape index (κ2) is 6.04. The van der Waals surface area contributed by atoms with Gasteiger partial charge in [-0.15, -0.1) is 0 Å². The third kappa shape index (κ3) is 5.16. The standard InChI is InChI=1S/C5H9NO.C5H12/c1-6-4-2-3-5(6)7;1-4-5(2)3/h2-4H2,1H3;5H,4H2,1-3H3. The van der Waals surface area contributed by atoms with E-state index < -0.39 is 0 Å². The number of amides is 1. The Bertz CT molecular complexity index is 132. The second-order valence-corrected chi connectivity index (χ2v) is 3.72. The minimum atomic E-state index is 0.292. The van der Waals surface area contributed by atoms with Gasteiger partial charge in [0.15, 0.2) is 0 Å². The maximum Gasteiger partial charge on any atom is 0.222 e. The summed E-state index contributed by atoms with van der Waals surface area (Å²) < 4.78 is 0. The molecule has 0 atom stereocenters. The van der Waals surface area contributed by atoms with Gasteiger partial charge in [0, 0.05) is 20.0 Å². The van der Waals surface area contributed by atoms with Crippen LogP contribution in [0.5, 0.6) is 0 Å². The molecule has 1 aliphatic rings. The van der Waals surface area contributed by atoms with Crippen molar-refractivity contribution < 1.29 is 4.79 Å². The maximum absolute atomic E-state index is 10.5. The number of hydrogen-bond acceptors (Lipinski definition) is 1. The Kier molecular flexibility index (Phi) is 5.77. The fraction of sp³-hybridized carbons (Fsp3) is 0.900. The van der Waals surface area contributed by atoms with E-state index in [-0.39, 0.29) is 0 Å². The van der Waals surface area contributed by atoms with Gasteiger partial charge in [0.05, 0.1) is 0 Å². The molecule has 1 fully saturated rings. The lowest BCUT2D eigenvalue weighted by molar-refractivity contribution is -0.126. The molecule has 1 rings (SSSR count). The zero-order chi connectivity index (χ0) is 9.56. The Balaban J connectivity index is 0.000000217. The first kappa shape index (κ1) is 11.5. The summed E-state index contributed by atoms with van der Waals surface area (Å²) in [6.45, 7) is 7.60. The van der Waals surface area contributed by atoms with Gasteiger partial charge in [0.25, 0.3) is 0 Å². The van der Waals surface area contributed by atoms with E-state index in [2.05, 4.69) is 20.8 Å². The minimum Gasteiger partial charge on any atom is -0.346 e. The summed E-state index contributed by atoms with van der Waals surface area (Å²) in [7, 11) is 1.84. The zero-order valence-electron chi connectivity index (χ0n) is 8.76. The van der Waals surface area contributed by atoms with Crippen molar-refractivity contribution in [2.75, 3.05) is 13.6 Å². The Labute approximate surface area is 75.9 Å². The Morgan fingerprint density at radius 2 is 2.00 bits per heavy atom. The Hall–Kier alpha value is -0.530. The smallest absolute Gasteiger partial charge is 0.222 e. The lowest BCUT2D eigenvalue weighted by Gasteiger charge is -2.03. The molecule has 0 spiro atoms. The van der Waals surface area contributed by atoms with E-state index in [1.54, 1.807) is 4.90 Å². The van der Waals surface area contributed by atoms with Crippen molar-refractivity contribution in [2.24, 2.45) is 5.92 Å². The average Bonchev–Trinajstić information content (AvgIpc) is 2.37. The number of nitrogens with zero attached hydrogens (tertiary/aromatic N) is 1. The predicted molar refractivity (Wildman–Crippen MR) is 52.0 cm³/mol. The van der Waals surface area contributed by atoms with E-state index in [1.165, 1.54) is 6.42 Å². The molecular weight excluding hydrogens is 150 g/mol. The van der Waals surface area contributed by atoms with Gasteiger partial charge in [-0.1, -0.05) is 27.2 Å². The summed E-state index contributed by atoms with van der Waals surface area (Å²) in [5.74, 6) is 1.18. The molecule has 72 valence electrons. The van der Waals surface area contributed by atoms with Crippen LogP contribution in [0, 0.1) is 5.92 Å². The van der Waals surface area contributed by atoms with Crippen LogP contribution in [0.2, 0.25) is 0 Å². The molecule has 0 aromatic carbocycles. The highest BCUT2D eigenvalue weighted by atomic mass is 16.2. The van der Waals surface area contributed by atoms with Crippen LogP contribution < -0.4 is 0 Å². The van der Waals surface area contributed by atoms with Gasteiger partial charge < -0.3 is 4.90 Å². The lowest BCUT2D eigenvalue weighted by atomic mass is 10.2. The zero-order valence-corrected chi connectivity index (χ0v) is 8.76. The van der Waals surface area contributed by atoms with E-state index in [1.807, 2.05) is 7.05 Å². The van der Waals surface area contributed by atoms with Crippen molar-refractivity contribution in [3.8, 4) is 0 Å². The normalized spacial score (nSPS) is 16.4. The van der Waals surface area contributed by atoms with Crippen LogP contribution in [0.15, 0.2) is 0 Å². The summed E-state index contributed by atoms with van der Waals surface area (Å²) in [6, 6.07) is 0. The predicted octanol–water partition coefficient (Wildman–Crippen LogP) is 2.29. The summed E-state index contributed by atoms with van der Waals surface area (Å²) >= 11 is 0. The third-order valence-corrected chi connectivity index (χ3v) is 2.13. The van der Waals surface area contributed by atoms with E-state index in [0.717, 1.165) is 25.3 Å². The highest BCUT2D eigenvalue weighted by Gasteiger charge is 2.14. The average molecular weight is 171 g/mol. The molecule has 0 radical (unpaired) electrons. The number of hydrogen-bond donors (Lipinski definition) is 0. The SMILES string of the molecule is CCC(C)C.CN1CCCC1=O. The van der Waals surface area contributed by atoms with Crippen molar-refractivity contribution in [2.45, 2.75) is 40.0 Å². The fourth-order valence-electron chi connectivity index (χ4n) is 0.783. The van der Waals surface area contributed by atoms with Gasteiger partial charge >= 0.3 is 0 Å². The van der Waals surface area contributed by atoms with Crippen LogP contribution in [0.3, 0.4) is 0 Å². The van der Waals surface area contributed by atoms with Crippen LogP contribution in [0.1, 0.15) is 40.0 Å². The number of carbonyl (C=O) groups excluding carboxylic acids is 1. The van der Waals surface area contributed by atoms with Gasteiger partial charge in [-0.3, -0.25) is 4.79 Å². The summed E-state index contributed by atoms with van der Waals surface area (Å²) in [6.07, 6.45) is 3.12. The molecular formula is C10H21NO. The summed E-state index contributed by atoms with van der Waals surface area (Å²) in [5, 5.41) is 0. The minimum absolute atomic E-state index is 0.292. The molecule has 0 aliphatic carbocycles. The monoisotopic (exact) mass is 171 g/mol. The first-order chi connectivity index (χ1) is 5.57. The molecule has 1 aliphatic heterocycles. The molecule has 0 bridgehead atoms. The molecule has 1 amide bonds. The topological polar surface area (TPSA) is 20.3 Å². The Morgan fingerprint density at radius 3 is 2.08 bits per heavy atom. The van der Waals surface area contributed by atoms with Crippen molar-refractivity contribution in [3.63, 3.8) is 0 Å². The molecule has 2 nitrogen and oxygen atoms in total. The molecule has 0 saturated carbocycles. The molecule has 2 heteroatoms. The molecule has 12 heavy (non-hydrogen) atoms. The van der Waals surface area contributed by atoms with Crippen LogP contribution in [-0.4, -0.2) is 24.4 Å². The number of carbonyl (C=O) groups is 1. The summed E-state index contributed by atoms with van der Waals surface area (Å²) in [4.78, 5) is 12.3. The number of rotatable bonds is 1. The quantitative estimate of drug-likeness (QED) is 0.592. The van der Waals surface area contributed by atoms with Gasteiger partial charge in [-0.2, -0.15) is 0 Å². The highest BCUT2D eigenvalue weighted by molar-refractivity contribution is 5.77. The number of likely N-dealkylation sites (tertiary alicyclic amines) is 1. The lowest BCUT2D eigenvalue weighted by Crippen LogP contribution is -2.17. The summed E-state index contributed by atoms with van der Waals surface area (Å²) in [5.41, 5.74) is 0. The first-order valence-electron chi connectivity index (χ1n) is 4.81.